The molecule has 7 nitrogen and oxygen atoms in total. The summed E-state index contributed by atoms with van der Waals surface area (Å²) >= 11 is 0. The molecular formula is C28H36N4O3. The average molecular weight is 477 g/mol. The van der Waals surface area contributed by atoms with Crippen LogP contribution in [0.15, 0.2) is 60.7 Å². The number of carbonyl (C=O) groups excluding carboxylic acids is 2. The summed E-state index contributed by atoms with van der Waals surface area (Å²) in [5.41, 5.74) is 1.57. The Balaban J connectivity index is 1.31. The summed E-state index contributed by atoms with van der Waals surface area (Å²) in [6, 6.07) is 19.8. The first-order valence-corrected chi connectivity index (χ1v) is 12.8. The third-order valence-electron chi connectivity index (χ3n) is 7.80. The summed E-state index contributed by atoms with van der Waals surface area (Å²) in [6.45, 7) is 4.82. The number of carbonyl (C=O) groups is 2. The van der Waals surface area contributed by atoms with Gasteiger partial charge in [0.2, 0.25) is 11.8 Å². The number of ether oxygens (including phenoxy) is 1. The van der Waals surface area contributed by atoms with Crippen molar-refractivity contribution in [3.63, 3.8) is 0 Å². The molecule has 2 atom stereocenters. The highest BCUT2D eigenvalue weighted by atomic mass is 16.5. The van der Waals surface area contributed by atoms with Gasteiger partial charge in [-0.15, -0.1) is 0 Å². The lowest BCUT2D eigenvalue weighted by atomic mass is 9.80. The van der Waals surface area contributed by atoms with E-state index in [2.05, 4.69) is 46.4 Å². The number of benzene rings is 2. The van der Waals surface area contributed by atoms with E-state index in [0.717, 1.165) is 44.7 Å². The molecule has 0 saturated carbocycles. The van der Waals surface area contributed by atoms with Crippen molar-refractivity contribution in [1.82, 2.24) is 20.0 Å². The molecule has 2 aromatic rings. The number of nitrogens with one attached hydrogen (secondary N) is 1. The van der Waals surface area contributed by atoms with Crippen molar-refractivity contribution in [3.8, 4) is 0 Å². The number of piperidine rings is 1. The van der Waals surface area contributed by atoms with E-state index in [1.807, 2.05) is 41.3 Å². The summed E-state index contributed by atoms with van der Waals surface area (Å²) in [6.07, 6.45) is 2.24. The van der Waals surface area contributed by atoms with Gasteiger partial charge in [0.15, 0.2) is 0 Å². The predicted molar refractivity (Wildman–Crippen MR) is 134 cm³/mol. The zero-order valence-corrected chi connectivity index (χ0v) is 20.6. The Morgan fingerprint density at radius 1 is 0.943 bits per heavy atom. The molecule has 0 bridgehead atoms. The van der Waals surface area contributed by atoms with Gasteiger partial charge < -0.3 is 19.9 Å². The molecule has 3 aliphatic rings. The molecule has 3 heterocycles. The Morgan fingerprint density at radius 3 is 2.29 bits per heavy atom. The molecule has 2 amide bonds. The van der Waals surface area contributed by atoms with Crippen LogP contribution in [0.1, 0.15) is 30.4 Å². The molecule has 186 valence electrons. The Hall–Kier alpha value is -2.74. The van der Waals surface area contributed by atoms with Crippen LogP contribution in [0.4, 0.5) is 0 Å². The molecule has 0 radical (unpaired) electrons. The molecule has 3 aliphatic heterocycles. The first-order chi connectivity index (χ1) is 17.0. The molecule has 1 spiro atoms. The van der Waals surface area contributed by atoms with Crippen molar-refractivity contribution in [3.05, 3.63) is 71.8 Å². The largest absolute Gasteiger partial charge is 0.374 e. The van der Waals surface area contributed by atoms with Gasteiger partial charge in [-0.1, -0.05) is 60.7 Å². The molecular weight excluding hydrogens is 440 g/mol. The average Bonchev–Trinajstić information content (AvgIpc) is 3.33. The van der Waals surface area contributed by atoms with Crippen LogP contribution in [-0.4, -0.2) is 84.0 Å². The summed E-state index contributed by atoms with van der Waals surface area (Å²) in [4.78, 5) is 34.2. The monoisotopic (exact) mass is 476 g/mol. The number of hydrogen-bond acceptors (Lipinski definition) is 5. The van der Waals surface area contributed by atoms with Gasteiger partial charge in [0.1, 0.15) is 11.6 Å². The highest BCUT2D eigenvalue weighted by Crippen LogP contribution is 2.36. The van der Waals surface area contributed by atoms with E-state index in [0.29, 0.717) is 19.4 Å². The number of nitrogens with zero attached hydrogens (tertiary/aromatic N) is 3. The lowest BCUT2D eigenvalue weighted by molar-refractivity contribution is -0.166. The zero-order chi connectivity index (χ0) is 24.3. The molecule has 5 rings (SSSR count). The van der Waals surface area contributed by atoms with E-state index in [4.69, 9.17) is 4.74 Å². The van der Waals surface area contributed by atoms with Crippen LogP contribution in [0.25, 0.3) is 0 Å². The molecule has 7 heteroatoms. The molecule has 35 heavy (non-hydrogen) atoms. The fourth-order valence-corrected chi connectivity index (χ4v) is 5.82. The van der Waals surface area contributed by atoms with Gasteiger partial charge in [-0.2, -0.15) is 0 Å². The second-order valence-corrected chi connectivity index (χ2v) is 10.2. The first kappa shape index (κ1) is 24.0. The van der Waals surface area contributed by atoms with Gasteiger partial charge in [0.05, 0.1) is 13.2 Å². The summed E-state index contributed by atoms with van der Waals surface area (Å²) in [7, 11) is 2.08. The summed E-state index contributed by atoms with van der Waals surface area (Å²) in [5.74, 6) is -0.00574. The van der Waals surface area contributed by atoms with Crippen molar-refractivity contribution in [2.24, 2.45) is 0 Å². The second-order valence-electron chi connectivity index (χ2n) is 10.2. The van der Waals surface area contributed by atoms with Gasteiger partial charge in [-0.05, 0) is 37.4 Å². The Kier molecular flexibility index (Phi) is 7.18. The molecule has 2 unspecified atom stereocenters. The van der Waals surface area contributed by atoms with E-state index >= 15 is 0 Å². The topological polar surface area (TPSA) is 65.1 Å². The van der Waals surface area contributed by atoms with Gasteiger partial charge in [0.25, 0.3) is 0 Å². The highest BCUT2D eigenvalue weighted by Gasteiger charge is 2.56. The van der Waals surface area contributed by atoms with Crippen molar-refractivity contribution in [2.45, 2.75) is 50.0 Å². The molecule has 0 aliphatic carbocycles. The van der Waals surface area contributed by atoms with Gasteiger partial charge in [-0.3, -0.25) is 14.5 Å². The number of hydrogen-bond donors (Lipinski definition) is 1. The van der Waals surface area contributed by atoms with Crippen LogP contribution in [0, 0.1) is 0 Å². The van der Waals surface area contributed by atoms with Crippen molar-refractivity contribution in [2.75, 3.05) is 39.8 Å². The SMILES string of the molecule is CN1CCC2(CC1)C(=O)NC(COCc1ccccc1)C(=O)N2C1CCN(Cc2ccccc2)C1. The van der Waals surface area contributed by atoms with Crippen molar-refractivity contribution < 1.29 is 14.3 Å². The Labute approximate surface area is 208 Å². The smallest absolute Gasteiger partial charge is 0.248 e. The minimum absolute atomic E-state index is 0.00813. The first-order valence-electron chi connectivity index (χ1n) is 12.8. The van der Waals surface area contributed by atoms with Gasteiger partial charge >= 0.3 is 0 Å². The van der Waals surface area contributed by atoms with E-state index in [-0.39, 0.29) is 24.5 Å². The molecule has 1 N–H and O–H groups in total. The fourth-order valence-electron chi connectivity index (χ4n) is 5.82. The van der Waals surface area contributed by atoms with E-state index in [1.165, 1.54) is 5.56 Å². The predicted octanol–water partition coefficient (Wildman–Crippen LogP) is 2.27. The molecule has 3 fully saturated rings. The maximum absolute atomic E-state index is 13.9. The Bertz CT molecular complexity index is 1010. The summed E-state index contributed by atoms with van der Waals surface area (Å²) < 4.78 is 5.90. The lowest BCUT2D eigenvalue weighted by Crippen LogP contribution is -2.75. The van der Waals surface area contributed by atoms with Crippen LogP contribution in [-0.2, 0) is 27.5 Å². The lowest BCUT2D eigenvalue weighted by Gasteiger charge is -2.53. The Morgan fingerprint density at radius 2 is 1.60 bits per heavy atom. The fraction of sp³-hybridized carbons (Fsp3) is 0.500. The van der Waals surface area contributed by atoms with E-state index < -0.39 is 11.6 Å². The normalized spacial score (nSPS) is 25.2. The maximum Gasteiger partial charge on any atom is 0.248 e. The van der Waals surface area contributed by atoms with Crippen LogP contribution in [0.5, 0.6) is 0 Å². The van der Waals surface area contributed by atoms with E-state index in [1.54, 1.807) is 0 Å². The van der Waals surface area contributed by atoms with Crippen molar-refractivity contribution >= 4 is 11.8 Å². The highest BCUT2D eigenvalue weighted by molar-refractivity contribution is 6.00. The molecule has 0 aromatic heterocycles. The quantitative estimate of drug-likeness (QED) is 0.664. The third-order valence-corrected chi connectivity index (χ3v) is 7.80. The maximum atomic E-state index is 13.9. The number of amides is 2. The number of piperazine rings is 1. The summed E-state index contributed by atoms with van der Waals surface area (Å²) in [5, 5.41) is 3.05. The number of likely N-dealkylation sites (tertiary alicyclic amines) is 2. The van der Waals surface area contributed by atoms with Crippen LogP contribution in [0.2, 0.25) is 0 Å². The van der Waals surface area contributed by atoms with Crippen LogP contribution < -0.4 is 5.32 Å². The van der Waals surface area contributed by atoms with Crippen LogP contribution >= 0.6 is 0 Å². The standard InChI is InChI=1S/C28H36N4O3/c1-30-16-13-28(14-17-30)27(34)29-25(21-35-20-23-10-6-3-7-11-23)26(33)32(28)24-12-15-31(19-24)18-22-8-4-2-5-9-22/h2-11,24-25H,12-21H2,1H3,(H,29,34). The van der Waals surface area contributed by atoms with E-state index in [9.17, 15) is 9.59 Å². The van der Waals surface area contributed by atoms with Gasteiger partial charge in [-0.25, -0.2) is 0 Å². The van der Waals surface area contributed by atoms with Crippen LogP contribution in [0.3, 0.4) is 0 Å². The number of rotatable bonds is 7. The minimum Gasteiger partial charge on any atom is -0.374 e. The second kappa shape index (κ2) is 10.5. The minimum atomic E-state index is -0.757. The third kappa shape index (κ3) is 5.13. The molecule has 2 aromatic carbocycles. The zero-order valence-electron chi connectivity index (χ0n) is 20.6. The molecule has 3 saturated heterocycles. The van der Waals surface area contributed by atoms with Gasteiger partial charge in [0, 0.05) is 38.8 Å². The van der Waals surface area contributed by atoms with Crippen molar-refractivity contribution in [1.29, 1.82) is 0 Å².